The molecule has 1 aromatic carbocycles. The van der Waals surface area contributed by atoms with Crippen molar-refractivity contribution < 1.29 is 14.4 Å². The second-order valence-electron chi connectivity index (χ2n) is 7.59. The van der Waals surface area contributed by atoms with Crippen LogP contribution in [0.3, 0.4) is 0 Å². The molecule has 1 aromatic heterocycles. The number of nitrogens with one attached hydrogen (secondary N) is 2. The number of nitrogens with zero attached hydrogens (tertiary/aromatic N) is 3. The van der Waals surface area contributed by atoms with Gasteiger partial charge >= 0.3 is 6.03 Å². The van der Waals surface area contributed by atoms with Gasteiger partial charge < -0.3 is 20.4 Å². The van der Waals surface area contributed by atoms with Crippen LogP contribution in [-0.4, -0.2) is 47.4 Å². The van der Waals surface area contributed by atoms with Crippen molar-refractivity contribution in [3.05, 3.63) is 41.4 Å². The maximum atomic E-state index is 12.7. The van der Waals surface area contributed by atoms with Crippen LogP contribution in [0.1, 0.15) is 31.2 Å². The first kappa shape index (κ1) is 20.3. The summed E-state index contributed by atoms with van der Waals surface area (Å²) in [6.45, 7) is 2.15. The van der Waals surface area contributed by atoms with E-state index in [2.05, 4.69) is 15.6 Å². The smallest absolute Gasteiger partial charge is 0.317 e. The van der Waals surface area contributed by atoms with Crippen molar-refractivity contribution in [1.82, 2.24) is 15.2 Å². The van der Waals surface area contributed by atoms with Crippen molar-refractivity contribution in [2.24, 2.45) is 5.92 Å². The Balaban J connectivity index is 1.30. The molecule has 2 saturated heterocycles. The highest BCUT2D eigenvalue weighted by molar-refractivity contribution is 7.13. The van der Waals surface area contributed by atoms with Crippen LogP contribution in [0.2, 0.25) is 0 Å². The lowest BCUT2D eigenvalue weighted by Crippen LogP contribution is -2.47. The molecule has 4 amide bonds. The van der Waals surface area contributed by atoms with Crippen LogP contribution < -0.4 is 15.5 Å². The number of rotatable bonds is 5. The van der Waals surface area contributed by atoms with Crippen LogP contribution in [0, 0.1) is 5.92 Å². The van der Waals surface area contributed by atoms with Gasteiger partial charge in [-0.2, -0.15) is 0 Å². The molecule has 0 saturated carbocycles. The third kappa shape index (κ3) is 4.79. The molecule has 4 rings (SSSR count). The number of thiazole rings is 1. The van der Waals surface area contributed by atoms with Gasteiger partial charge in [0.2, 0.25) is 11.8 Å². The molecule has 8 nitrogen and oxygen atoms in total. The summed E-state index contributed by atoms with van der Waals surface area (Å²) in [5.41, 5.74) is 1.82. The van der Waals surface area contributed by atoms with Crippen LogP contribution in [0.15, 0.2) is 35.8 Å². The fraction of sp³-hybridized carbons (Fsp3) is 0.429. The van der Waals surface area contributed by atoms with E-state index in [1.807, 2.05) is 29.6 Å². The minimum Gasteiger partial charge on any atom is -0.334 e. The van der Waals surface area contributed by atoms with Gasteiger partial charge in [0.25, 0.3) is 0 Å². The van der Waals surface area contributed by atoms with E-state index in [1.165, 1.54) is 11.3 Å². The summed E-state index contributed by atoms with van der Waals surface area (Å²) in [6.07, 6.45) is 4.66. The molecule has 2 aliphatic rings. The van der Waals surface area contributed by atoms with Crippen LogP contribution >= 0.6 is 11.3 Å². The van der Waals surface area contributed by atoms with E-state index in [0.717, 1.165) is 37.1 Å². The number of benzene rings is 1. The van der Waals surface area contributed by atoms with Gasteiger partial charge in [0.1, 0.15) is 0 Å². The number of carbonyl (C=O) groups is 3. The summed E-state index contributed by atoms with van der Waals surface area (Å²) >= 11 is 1.38. The highest BCUT2D eigenvalue weighted by atomic mass is 32.1. The van der Waals surface area contributed by atoms with E-state index in [-0.39, 0.29) is 23.8 Å². The van der Waals surface area contributed by atoms with Gasteiger partial charge in [-0.15, -0.1) is 11.3 Å². The topological polar surface area (TPSA) is 94.6 Å². The van der Waals surface area contributed by atoms with E-state index in [0.29, 0.717) is 31.2 Å². The monoisotopic (exact) mass is 427 g/mol. The highest BCUT2D eigenvalue weighted by Crippen LogP contribution is 2.23. The van der Waals surface area contributed by atoms with Crippen LogP contribution in [-0.2, 0) is 16.1 Å². The molecule has 0 aliphatic carbocycles. The number of urea groups is 1. The summed E-state index contributed by atoms with van der Waals surface area (Å²) < 4.78 is 0. The summed E-state index contributed by atoms with van der Waals surface area (Å²) in [4.78, 5) is 44.7. The second kappa shape index (κ2) is 9.25. The highest BCUT2D eigenvalue weighted by Gasteiger charge is 2.29. The zero-order chi connectivity index (χ0) is 20.9. The minimum atomic E-state index is -0.238. The SMILES string of the molecule is O=C(Nc1nccs1)C1CCCN(C(=O)NCc2cccc(N3CCCC3=O)c2)C1. The molecule has 2 fully saturated rings. The van der Waals surface area contributed by atoms with Crippen molar-refractivity contribution in [3.63, 3.8) is 0 Å². The standard InChI is InChI=1S/C21H25N5O3S/c27-18-7-3-10-26(18)17-6-1-4-15(12-17)13-23-21(29)25-9-2-5-16(14-25)19(28)24-20-22-8-11-30-20/h1,4,6,8,11-12,16H,2-3,5,7,9-10,13-14H2,(H,23,29)(H,22,24,28). The van der Waals surface area contributed by atoms with Crippen LogP contribution in [0.5, 0.6) is 0 Å². The van der Waals surface area contributed by atoms with Gasteiger partial charge in [-0.05, 0) is 37.0 Å². The second-order valence-corrected chi connectivity index (χ2v) is 8.48. The summed E-state index contributed by atoms with van der Waals surface area (Å²) in [6, 6.07) is 7.53. The van der Waals surface area contributed by atoms with Crippen molar-refractivity contribution >= 4 is 40.0 Å². The molecular weight excluding hydrogens is 402 g/mol. The average molecular weight is 428 g/mol. The lowest BCUT2D eigenvalue weighted by Gasteiger charge is -2.32. The van der Waals surface area contributed by atoms with Crippen LogP contribution in [0.25, 0.3) is 0 Å². The Morgan fingerprint density at radius 1 is 1.23 bits per heavy atom. The van der Waals surface area contributed by atoms with Gasteiger partial charge in [-0.1, -0.05) is 12.1 Å². The Kier molecular flexibility index (Phi) is 6.27. The van der Waals surface area contributed by atoms with Gasteiger partial charge in [-0.25, -0.2) is 9.78 Å². The van der Waals surface area contributed by atoms with Crippen LogP contribution in [0.4, 0.5) is 15.6 Å². The molecule has 0 spiro atoms. The molecule has 1 unspecified atom stereocenters. The van der Waals surface area contributed by atoms with Crippen molar-refractivity contribution in [3.8, 4) is 0 Å². The number of carbonyl (C=O) groups excluding carboxylic acids is 3. The number of hydrogen-bond acceptors (Lipinski definition) is 5. The largest absolute Gasteiger partial charge is 0.334 e. The van der Waals surface area contributed by atoms with Crippen molar-refractivity contribution in [2.45, 2.75) is 32.2 Å². The lowest BCUT2D eigenvalue weighted by atomic mass is 9.97. The van der Waals surface area contributed by atoms with Crippen molar-refractivity contribution in [1.29, 1.82) is 0 Å². The van der Waals surface area contributed by atoms with Crippen molar-refractivity contribution in [2.75, 3.05) is 29.9 Å². The fourth-order valence-electron chi connectivity index (χ4n) is 3.91. The zero-order valence-corrected chi connectivity index (χ0v) is 17.5. The first-order valence-corrected chi connectivity index (χ1v) is 11.1. The Morgan fingerprint density at radius 2 is 2.13 bits per heavy atom. The summed E-state index contributed by atoms with van der Waals surface area (Å²) in [7, 11) is 0. The first-order chi connectivity index (χ1) is 14.6. The molecule has 0 radical (unpaired) electrons. The van der Waals surface area contributed by atoms with E-state index in [9.17, 15) is 14.4 Å². The number of hydrogen-bond donors (Lipinski definition) is 2. The molecule has 158 valence electrons. The first-order valence-electron chi connectivity index (χ1n) is 10.2. The normalized spacial score (nSPS) is 19.1. The van der Waals surface area contributed by atoms with Gasteiger partial charge in [0, 0.05) is 49.9 Å². The third-order valence-corrected chi connectivity index (χ3v) is 6.17. The third-order valence-electron chi connectivity index (χ3n) is 5.48. The molecule has 2 aliphatic heterocycles. The Labute approximate surface area is 179 Å². The lowest BCUT2D eigenvalue weighted by molar-refractivity contribution is -0.121. The number of likely N-dealkylation sites (tertiary alicyclic amines) is 1. The number of anilines is 2. The predicted octanol–water partition coefficient (Wildman–Crippen LogP) is 2.83. The molecule has 0 bridgehead atoms. The molecule has 30 heavy (non-hydrogen) atoms. The summed E-state index contributed by atoms with van der Waals surface area (Å²) in [5, 5.41) is 8.16. The number of piperidine rings is 1. The maximum Gasteiger partial charge on any atom is 0.317 e. The van der Waals surface area contributed by atoms with Gasteiger partial charge in [-0.3, -0.25) is 9.59 Å². The molecule has 1 atom stereocenters. The molecule has 3 heterocycles. The fourth-order valence-corrected chi connectivity index (χ4v) is 4.45. The van der Waals surface area contributed by atoms with E-state index in [1.54, 1.807) is 16.0 Å². The van der Waals surface area contributed by atoms with E-state index >= 15 is 0 Å². The quantitative estimate of drug-likeness (QED) is 0.767. The van der Waals surface area contributed by atoms with Gasteiger partial charge in [0.05, 0.1) is 5.92 Å². The molecular formula is C21H25N5O3S. The summed E-state index contributed by atoms with van der Waals surface area (Å²) in [5.74, 6) is -0.185. The van der Waals surface area contributed by atoms with Gasteiger partial charge in [0.15, 0.2) is 5.13 Å². The molecule has 2 aromatic rings. The Morgan fingerprint density at radius 3 is 2.90 bits per heavy atom. The van der Waals surface area contributed by atoms with E-state index < -0.39 is 0 Å². The number of aromatic nitrogens is 1. The maximum absolute atomic E-state index is 12.7. The molecule has 2 N–H and O–H groups in total. The predicted molar refractivity (Wildman–Crippen MR) is 115 cm³/mol. The van der Waals surface area contributed by atoms with E-state index in [4.69, 9.17) is 0 Å². The Hall–Kier alpha value is -2.94. The number of amides is 4. The zero-order valence-electron chi connectivity index (χ0n) is 16.7. The molecule has 9 heteroatoms. The average Bonchev–Trinajstić information content (AvgIpc) is 3.44. The Bertz CT molecular complexity index is 917. The minimum absolute atomic E-state index is 0.0922.